The Hall–Kier alpha value is -3.78. The Balaban J connectivity index is 1.62. The number of methoxy groups -OCH3 is 2. The predicted octanol–water partition coefficient (Wildman–Crippen LogP) is 8.14. The third-order valence-electron chi connectivity index (χ3n) is 7.98. The number of hydrogen-bond acceptors (Lipinski definition) is 7. The van der Waals surface area contributed by atoms with Gasteiger partial charge in [-0.25, -0.2) is 14.5 Å². The summed E-state index contributed by atoms with van der Waals surface area (Å²) in [5.41, 5.74) is 5.87. The highest BCUT2D eigenvalue weighted by Crippen LogP contribution is 2.34. The van der Waals surface area contributed by atoms with Crippen LogP contribution in [0.15, 0.2) is 60.7 Å². The SMILES string of the molecule is COC(=O)c1ccc2c(c1)c(-c1nc3ccc(-c4ccc(OC)cc4)cc3n1COCC[Si](C)(C)C)nn2COCC[Si](C)(C)C. The fourth-order valence-corrected chi connectivity index (χ4v) is 6.66. The number of esters is 1. The van der Waals surface area contributed by atoms with Crippen molar-refractivity contribution in [3.05, 3.63) is 66.2 Å². The van der Waals surface area contributed by atoms with E-state index in [0.717, 1.165) is 50.9 Å². The van der Waals surface area contributed by atoms with Gasteiger partial charge in [0.15, 0.2) is 5.82 Å². The molecule has 0 fully saturated rings. The minimum Gasteiger partial charge on any atom is -0.497 e. The van der Waals surface area contributed by atoms with Gasteiger partial charge >= 0.3 is 5.97 Å². The lowest BCUT2D eigenvalue weighted by Gasteiger charge is -2.16. The van der Waals surface area contributed by atoms with Crippen molar-refractivity contribution < 1.29 is 23.7 Å². The van der Waals surface area contributed by atoms with E-state index >= 15 is 0 Å². The summed E-state index contributed by atoms with van der Waals surface area (Å²) in [6.45, 7) is 16.0. The number of benzene rings is 3. The zero-order valence-corrected chi connectivity index (χ0v) is 30.3. The fraction of sp³-hybridized carbons (Fsp3) is 0.400. The first-order chi connectivity index (χ1) is 21.9. The van der Waals surface area contributed by atoms with Crippen molar-refractivity contribution in [3.8, 4) is 28.4 Å². The molecule has 0 amide bonds. The maximum absolute atomic E-state index is 12.6. The van der Waals surface area contributed by atoms with E-state index in [4.69, 9.17) is 29.0 Å². The van der Waals surface area contributed by atoms with E-state index in [-0.39, 0.29) is 0 Å². The van der Waals surface area contributed by atoms with Crippen molar-refractivity contribution in [2.45, 2.75) is 64.8 Å². The number of carbonyl (C=O) groups excluding carboxylic acids is 1. The fourth-order valence-electron chi connectivity index (χ4n) is 5.15. The summed E-state index contributed by atoms with van der Waals surface area (Å²) < 4.78 is 26.8. The molecular weight excluding hydrogens is 613 g/mol. The molecule has 11 heteroatoms. The summed E-state index contributed by atoms with van der Waals surface area (Å²) >= 11 is 0. The first-order valence-electron chi connectivity index (χ1n) is 15.8. The van der Waals surface area contributed by atoms with Gasteiger partial charge in [0.05, 0.1) is 36.3 Å². The summed E-state index contributed by atoms with van der Waals surface area (Å²) in [6, 6.07) is 21.9. The lowest BCUT2D eigenvalue weighted by atomic mass is 10.1. The van der Waals surface area contributed by atoms with E-state index in [1.807, 2.05) is 35.0 Å². The molecule has 5 aromatic rings. The van der Waals surface area contributed by atoms with Gasteiger partial charge in [0, 0.05) is 34.7 Å². The van der Waals surface area contributed by atoms with Gasteiger partial charge in [-0.1, -0.05) is 57.5 Å². The van der Waals surface area contributed by atoms with Crippen molar-refractivity contribution in [1.82, 2.24) is 19.3 Å². The topological polar surface area (TPSA) is 89.6 Å². The minimum absolute atomic E-state index is 0.299. The van der Waals surface area contributed by atoms with Crippen LogP contribution < -0.4 is 4.74 Å². The molecule has 0 unspecified atom stereocenters. The normalized spacial score (nSPS) is 12.3. The van der Waals surface area contributed by atoms with Crippen LogP contribution in [0.25, 0.3) is 44.6 Å². The predicted molar refractivity (Wildman–Crippen MR) is 190 cm³/mol. The van der Waals surface area contributed by atoms with Crippen LogP contribution in [0, 0.1) is 0 Å². The smallest absolute Gasteiger partial charge is 0.337 e. The van der Waals surface area contributed by atoms with Crippen molar-refractivity contribution in [2.24, 2.45) is 0 Å². The van der Waals surface area contributed by atoms with E-state index in [2.05, 4.69) is 68.1 Å². The first kappa shape index (κ1) is 33.6. The molecule has 0 bridgehead atoms. The molecule has 0 aliphatic carbocycles. The molecule has 2 heterocycles. The Labute approximate surface area is 273 Å². The Kier molecular flexibility index (Phi) is 10.2. The molecule has 0 atom stereocenters. The van der Waals surface area contributed by atoms with Crippen LogP contribution >= 0.6 is 0 Å². The summed E-state index contributed by atoms with van der Waals surface area (Å²) in [5, 5.41) is 5.84. The number of aromatic nitrogens is 4. The van der Waals surface area contributed by atoms with Crippen LogP contribution in [0.2, 0.25) is 51.4 Å². The van der Waals surface area contributed by atoms with E-state index in [1.165, 1.54) is 7.11 Å². The molecule has 3 aromatic carbocycles. The minimum atomic E-state index is -1.28. The molecule has 0 saturated carbocycles. The van der Waals surface area contributed by atoms with Gasteiger partial charge in [0.1, 0.15) is 24.9 Å². The molecule has 46 heavy (non-hydrogen) atoms. The Morgan fingerprint density at radius 3 is 2.04 bits per heavy atom. The maximum atomic E-state index is 12.6. The molecule has 9 nitrogen and oxygen atoms in total. The van der Waals surface area contributed by atoms with Gasteiger partial charge in [-0.05, 0) is 65.7 Å². The van der Waals surface area contributed by atoms with E-state index in [0.29, 0.717) is 43.8 Å². The Morgan fingerprint density at radius 2 is 1.41 bits per heavy atom. The van der Waals surface area contributed by atoms with E-state index in [1.54, 1.807) is 13.2 Å². The van der Waals surface area contributed by atoms with Crippen LogP contribution in [0.3, 0.4) is 0 Å². The van der Waals surface area contributed by atoms with Crippen LogP contribution in [-0.2, 0) is 27.7 Å². The molecule has 0 aliphatic heterocycles. The van der Waals surface area contributed by atoms with Crippen molar-refractivity contribution in [2.75, 3.05) is 27.4 Å². The van der Waals surface area contributed by atoms with E-state index < -0.39 is 22.1 Å². The molecule has 0 spiro atoms. The lowest BCUT2D eigenvalue weighted by Crippen LogP contribution is -2.22. The molecule has 0 aliphatic rings. The number of ether oxygens (including phenoxy) is 4. The number of imidazole rings is 1. The summed E-state index contributed by atoms with van der Waals surface area (Å²) in [4.78, 5) is 17.7. The van der Waals surface area contributed by atoms with Crippen LogP contribution in [-0.4, -0.2) is 68.9 Å². The Morgan fingerprint density at radius 1 is 0.761 bits per heavy atom. The van der Waals surface area contributed by atoms with Gasteiger partial charge in [-0.3, -0.25) is 4.57 Å². The molecule has 5 rings (SSSR count). The quantitative estimate of drug-likeness (QED) is 0.0676. The van der Waals surface area contributed by atoms with Crippen LogP contribution in [0.1, 0.15) is 10.4 Å². The maximum Gasteiger partial charge on any atom is 0.337 e. The number of fused-ring (bicyclic) bond motifs is 2. The second-order valence-corrected chi connectivity index (χ2v) is 25.3. The second kappa shape index (κ2) is 13.9. The molecule has 0 radical (unpaired) electrons. The highest BCUT2D eigenvalue weighted by atomic mass is 28.3. The molecular formula is C35H46N4O5Si2. The van der Waals surface area contributed by atoms with Gasteiger partial charge in [-0.2, -0.15) is 5.10 Å². The van der Waals surface area contributed by atoms with Gasteiger partial charge in [0.2, 0.25) is 0 Å². The van der Waals surface area contributed by atoms with Gasteiger partial charge < -0.3 is 18.9 Å². The molecule has 0 saturated heterocycles. The van der Waals surface area contributed by atoms with Gasteiger partial charge in [0.25, 0.3) is 0 Å². The van der Waals surface area contributed by atoms with Crippen molar-refractivity contribution >= 4 is 44.1 Å². The third-order valence-corrected chi connectivity index (χ3v) is 11.4. The number of nitrogens with zero attached hydrogens (tertiary/aromatic N) is 4. The van der Waals surface area contributed by atoms with Crippen molar-refractivity contribution in [1.29, 1.82) is 0 Å². The largest absolute Gasteiger partial charge is 0.497 e. The highest BCUT2D eigenvalue weighted by Gasteiger charge is 2.23. The zero-order valence-electron chi connectivity index (χ0n) is 28.3. The molecule has 0 N–H and O–H groups in total. The molecule has 244 valence electrons. The third kappa shape index (κ3) is 7.95. The van der Waals surface area contributed by atoms with Crippen LogP contribution in [0.4, 0.5) is 0 Å². The first-order valence-corrected chi connectivity index (χ1v) is 23.2. The lowest BCUT2D eigenvalue weighted by molar-refractivity contribution is 0.0601. The van der Waals surface area contributed by atoms with Crippen LogP contribution in [0.5, 0.6) is 5.75 Å². The number of hydrogen-bond donors (Lipinski definition) is 0. The van der Waals surface area contributed by atoms with Crippen molar-refractivity contribution in [3.63, 3.8) is 0 Å². The average Bonchev–Trinajstić information content (AvgIpc) is 3.57. The summed E-state index contributed by atoms with van der Waals surface area (Å²) in [5.74, 6) is 1.08. The number of carbonyl (C=O) groups is 1. The molecule has 2 aromatic heterocycles. The van der Waals surface area contributed by atoms with E-state index in [9.17, 15) is 4.79 Å². The monoisotopic (exact) mass is 658 g/mol. The highest BCUT2D eigenvalue weighted by molar-refractivity contribution is 6.76. The average molecular weight is 659 g/mol. The number of rotatable bonds is 14. The Bertz CT molecular complexity index is 1820. The summed E-state index contributed by atoms with van der Waals surface area (Å²) in [6.07, 6.45) is 0. The second-order valence-electron chi connectivity index (χ2n) is 14.1. The zero-order chi connectivity index (χ0) is 33.1. The standard InChI is InChI=1S/C35H46N4O5Si2/c1-41-28-13-9-25(10-14-28)26-11-15-30-32(22-26)38(23-43-17-19-45(3,4)5)34(36-30)33-29-21-27(35(40)42-2)12-16-31(29)39(37-33)24-44-18-20-46(6,7)8/h9-16,21-22H,17-20,23-24H2,1-8H3. The van der Waals surface area contributed by atoms with Gasteiger partial charge in [-0.15, -0.1) is 0 Å². The summed E-state index contributed by atoms with van der Waals surface area (Å²) in [7, 11) is 0.528.